The van der Waals surface area contributed by atoms with Gasteiger partial charge in [0, 0.05) is 11.8 Å². The van der Waals surface area contributed by atoms with E-state index in [1.54, 1.807) is 6.07 Å². The number of nitrogens with one attached hydrogen (secondary N) is 1. The number of rotatable bonds is 4. The van der Waals surface area contributed by atoms with Crippen LogP contribution in [-0.4, -0.2) is 35.3 Å². The van der Waals surface area contributed by atoms with Crippen molar-refractivity contribution in [1.29, 1.82) is 0 Å². The van der Waals surface area contributed by atoms with E-state index in [-0.39, 0.29) is 22.4 Å². The van der Waals surface area contributed by atoms with Crippen molar-refractivity contribution in [3.8, 4) is 11.5 Å². The number of nitrogens with zero attached hydrogens (tertiary/aromatic N) is 1. The summed E-state index contributed by atoms with van der Waals surface area (Å²) in [5, 5.41) is 1.83. The zero-order chi connectivity index (χ0) is 23.0. The summed E-state index contributed by atoms with van der Waals surface area (Å²) in [4.78, 5) is 37.9. The molecule has 32 heavy (non-hydrogen) atoms. The second-order valence-corrected chi connectivity index (χ2v) is 8.02. The van der Waals surface area contributed by atoms with Gasteiger partial charge in [0.15, 0.2) is 11.5 Å². The number of carbonyl (C=O) groups excluding carboxylic acids is 3. The fourth-order valence-corrected chi connectivity index (χ4v) is 3.98. The molecule has 12 heteroatoms. The van der Waals surface area contributed by atoms with Crippen LogP contribution in [-0.2, 0) is 15.8 Å². The summed E-state index contributed by atoms with van der Waals surface area (Å²) >= 11 is 6.79. The molecule has 166 valence electrons. The second kappa shape index (κ2) is 8.40. The Morgan fingerprint density at radius 1 is 1.19 bits per heavy atom. The highest BCUT2D eigenvalue weighted by molar-refractivity contribution is 8.18. The second-order valence-electron chi connectivity index (χ2n) is 6.62. The first-order valence-corrected chi connectivity index (χ1v) is 10.1. The van der Waals surface area contributed by atoms with Gasteiger partial charge in [0.25, 0.3) is 11.1 Å². The third kappa shape index (κ3) is 4.53. The minimum atomic E-state index is -4.58. The molecule has 1 saturated heterocycles. The fraction of sp³-hybridized carbons (Fsp3) is 0.150. The summed E-state index contributed by atoms with van der Waals surface area (Å²) in [6.45, 7) is -0.625. The van der Waals surface area contributed by atoms with E-state index in [0.717, 1.165) is 18.2 Å². The molecule has 0 aromatic heterocycles. The summed E-state index contributed by atoms with van der Waals surface area (Å²) in [6, 6.07) is 7.09. The van der Waals surface area contributed by atoms with Gasteiger partial charge in [-0.15, -0.1) is 0 Å². The minimum Gasteiger partial charge on any atom is -0.454 e. The van der Waals surface area contributed by atoms with E-state index in [0.29, 0.717) is 33.7 Å². The van der Waals surface area contributed by atoms with Gasteiger partial charge in [0.2, 0.25) is 12.7 Å². The van der Waals surface area contributed by atoms with Crippen molar-refractivity contribution in [3.05, 3.63) is 57.5 Å². The summed E-state index contributed by atoms with van der Waals surface area (Å²) in [5.74, 6) is -0.672. The lowest BCUT2D eigenvalue weighted by molar-refractivity contribution is -0.137. The summed E-state index contributed by atoms with van der Waals surface area (Å²) in [6.07, 6.45) is -3.19. The molecule has 7 nitrogen and oxygen atoms in total. The minimum absolute atomic E-state index is 0.0302. The van der Waals surface area contributed by atoms with E-state index >= 15 is 0 Å². The summed E-state index contributed by atoms with van der Waals surface area (Å²) in [7, 11) is 0. The normalized spacial score (nSPS) is 16.8. The highest BCUT2D eigenvalue weighted by atomic mass is 35.5. The summed E-state index contributed by atoms with van der Waals surface area (Å²) < 4.78 is 48.9. The average molecular weight is 485 g/mol. The monoisotopic (exact) mass is 484 g/mol. The predicted octanol–water partition coefficient (Wildman–Crippen LogP) is 4.76. The number of anilines is 1. The van der Waals surface area contributed by atoms with Crippen molar-refractivity contribution in [1.82, 2.24) is 4.90 Å². The number of hydrogen-bond acceptors (Lipinski definition) is 6. The van der Waals surface area contributed by atoms with Crippen LogP contribution in [0.5, 0.6) is 11.5 Å². The lowest BCUT2D eigenvalue weighted by Crippen LogP contribution is -2.36. The number of benzene rings is 2. The molecular weight excluding hydrogens is 473 g/mol. The average Bonchev–Trinajstić information content (AvgIpc) is 3.27. The van der Waals surface area contributed by atoms with Gasteiger partial charge >= 0.3 is 6.18 Å². The molecule has 1 N–H and O–H groups in total. The van der Waals surface area contributed by atoms with Gasteiger partial charge in [-0.25, -0.2) is 0 Å². The van der Waals surface area contributed by atoms with Crippen molar-refractivity contribution in [2.75, 3.05) is 18.7 Å². The molecule has 2 aliphatic heterocycles. The number of thioether (sulfide) groups is 1. The molecular formula is C20H12ClF3N2O5S. The Morgan fingerprint density at radius 3 is 2.62 bits per heavy atom. The number of alkyl halides is 3. The third-order valence-electron chi connectivity index (χ3n) is 4.43. The van der Waals surface area contributed by atoms with Crippen LogP contribution in [0.15, 0.2) is 41.3 Å². The van der Waals surface area contributed by atoms with Crippen molar-refractivity contribution in [2.24, 2.45) is 0 Å². The molecule has 0 spiro atoms. The van der Waals surface area contributed by atoms with Crippen molar-refractivity contribution < 1.29 is 37.0 Å². The molecule has 1 fully saturated rings. The SMILES string of the molecule is O=C(CN1C(=O)S/C(=C\c2cc3c(cc2Cl)OCO3)C1=O)Nc1cccc(C(F)(F)F)c1. The van der Waals surface area contributed by atoms with Crippen LogP contribution in [0.4, 0.5) is 23.7 Å². The maximum absolute atomic E-state index is 12.8. The largest absolute Gasteiger partial charge is 0.454 e. The Kier molecular flexibility index (Phi) is 5.78. The van der Waals surface area contributed by atoms with Gasteiger partial charge in [-0.3, -0.25) is 19.3 Å². The van der Waals surface area contributed by atoms with E-state index in [4.69, 9.17) is 21.1 Å². The number of carbonyl (C=O) groups is 3. The van der Waals surface area contributed by atoms with Crippen LogP contribution in [0.2, 0.25) is 5.02 Å². The van der Waals surface area contributed by atoms with E-state index in [2.05, 4.69) is 5.32 Å². The zero-order valence-corrected chi connectivity index (χ0v) is 17.4. The Bertz CT molecular complexity index is 1170. The van der Waals surface area contributed by atoms with Gasteiger partial charge in [-0.2, -0.15) is 13.2 Å². The molecule has 3 amide bonds. The first-order valence-electron chi connectivity index (χ1n) is 8.93. The van der Waals surface area contributed by atoms with Crippen LogP contribution in [0.3, 0.4) is 0 Å². The van der Waals surface area contributed by atoms with Crippen molar-refractivity contribution in [2.45, 2.75) is 6.18 Å². The molecule has 0 radical (unpaired) electrons. The maximum atomic E-state index is 12.8. The van der Waals surface area contributed by atoms with E-state index < -0.39 is 35.3 Å². The standard InChI is InChI=1S/C20H12ClF3N2O5S/c21-13-7-15-14(30-9-31-15)4-10(13)5-16-18(28)26(19(29)32-16)8-17(27)25-12-3-1-2-11(6-12)20(22,23)24/h1-7H,8-9H2,(H,25,27)/b16-5-. The quantitative estimate of drug-likeness (QED) is 0.630. The lowest BCUT2D eigenvalue weighted by atomic mass is 10.2. The fourth-order valence-electron chi connectivity index (χ4n) is 2.94. The molecule has 0 aliphatic carbocycles. The van der Waals surface area contributed by atoms with Crippen LogP contribution in [0.1, 0.15) is 11.1 Å². The Balaban J connectivity index is 1.47. The number of fused-ring (bicyclic) bond motifs is 1. The third-order valence-corrected chi connectivity index (χ3v) is 5.66. The van der Waals surface area contributed by atoms with Crippen molar-refractivity contribution >= 4 is 52.2 Å². The maximum Gasteiger partial charge on any atom is 0.416 e. The predicted molar refractivity (Wildman–Crippen MR) is 110 cm³/mol. The summed E-state index contributed by atoms with van der Waals surface area (Å²) in [5.41, 5.74) is -0.640. The smallest absolute Gasteiger partial charge is 0.416 e. The van der Waals surface area contributed by atoms with E-state index in [1.807, 2.05) is 0 Å². The van der Waals surface area contributed by atoms with Gasteiger partial charge in [-0.1, -0.05) is 17.7 Å². The number of halogens is 4. The number of hydrogen-bond donors (Lipinski definition) is 1. The highest BCUT2D eigenvalue weighted by Gasteiger charge is 2.37. The first kappa shape index (κ1) is 22.0. The number of imide groups is 1. The van der Waals surface area contributed by atoms with Crippen LogP contribution < -0.4 is 14.8 Å². The molecule has 2 aromatic rings. The molecule has 0 atom stereocenters. The molecule has 4 rings (SSSR count). The van der Waals surface area contributed by atoms with E-state index in [1.165, 1.54) is 18.2 Å². The van der Waals surface area contributed by atoms with Gasteiger partial charge in [0.05, 0.1) is 15.5 Å². The molecule has 0 unspecified atom stereocenters. The lowest BCUT2D eigenvalue weighted by Gasteiger charge is -2.13. The number of ether oxygens (including phenoxy) is 2. The van der Waals surface area contributed by atoms with Crippen LogP contribution in [0, 0.1) is 0 Å². The highest BCUT2D eigenvalue weighted by Crippen LogP contribution is 2.39. The Labute approximate surface area is 188 Å². The molecule has 2 aliphatic rings. The first-order chi connectivity index (χ1) is 15.1. The molecule has 0 bridgehead atoms. The molecule has 2 heterocycles. The number of amides is 3. The van der Waals surface area contributed by atoms with Crippen molar-refractivity contribution in [3.63, 3.8) is 0 Å². The zero-order valence-electron chi connectivity index (χ0n) is 15.9. The van der Waals surface area contributed by atoms with Gasteiger partial charge in [0.1, 0.15) is 6.54 Å². The van der Waals surface area contributed by atoms with Gasteiger partial charge < -0.3 is 14.8 Å². The van der Waals surface area contributed by atoms with E-state index in [9.17, 15) is 27.6 Å². The van der Waals surface area contributed by atoms with Gasteiger partial charge in [-0.05, 0) is 47.7 Å². The molecule has 2 aromatic carbocycles. The Hall–Kier alpha value is -3.18. The van der Waals surface area contributed by atoms with Crippen LogP contribution >= 0.6 is 23.4 Å². The Morgan fingerprint density at radius 2 is 1.91 bits per heavy atom. The molecule has 0 saturated carbocycles. The topological polar surface area (TPSA) is 84.9 Å². The van der Waals surface area contributed by atoms with Crippen LogP contribution in [0.25, 0.3) is 6.08 Å².